The number of rotatable bonds is 7. The molecule has 1 saturated heterocycles. The summed E-state index contributed by atoms with van der Waals surface area (Å²) in [7, 11) is 1.67. The van der Waals surface area contributed by atoms with E-state index >= 15 is 0 Å². The zero-order valence-corrected chi connectivity index (χ0v) is 12.3. The van der Waals surface area contributed by atoms with Crippen molar-refractivity contribution in [1.82, 2.24) is 4.90 Å². The van der Waals surface area contributed by atoms with Crippen LogP contribution in [0.3, 0.4) is 0 Å². The summed E-state index contributed by atoms with van der Waals surface area (Å²) in [6, 6.07) is 8.26. The van der Waals surface area contributed by atoms with Crippen LogP contribution in [-0.4, -0.2) is 50.0 Å². The third kappa shape index (κ3) is 4.78. The number of nitrogens with zero attached hydrogens (tertiary/aromatic N) is 1. The van der Waals surface area contributed by atoms with Crippen LogP contribution in [-0.2, 0) is 11.3 Å². The Kier molecular flexibility index (Phi) is 6.30. The molecular weight excluding hydrogens is 254 g/mol. The molecule has 1 aromatic rings. The van der Waals surface area contributed by atoms with Gasteiger partial charge in [-0.15, -0.1) is 0 Å². The first-order chi connectivity index (χ1) is 9.81. The number of likely N-dealkylation sites (tertiary alicyclic amines) is 1. The Hall–Kier alpha value is -1.10. The molecule has 4 nitrogen and oxygen atoms in total. The van der Waals surface area contributed by atoms with Crippen molar-refractivity contribution in [2.24, 2.45) is 5.92 Å². The van der Waals surface area contributed by atoms with Gasteiger partial charge in [0.25, 0.3) is 0 Å². The Bertz CT molecular complexity index is 380. The monoisotopic (exact) mass is 279 g/mol. The molecule has 20 heavy (non-hydrogen) atoms. The standard InChI is InChI=1S/C16H25NO3/c1-19-9-10-20-16-6-4-14(5-7-16)11-17-8-2-3-15(12-17)13-18/h4-7,15,18H,2-3,8-13H2,1H3. The topological polar surface area (TPSA) is 41.9 Å². The Morgan fingerprint density at radius 3 is 2.75 bits per heavy atom. The molecule has 1 aliphatic heterocycles. The minimum Gasteiger partial charge on any atom is -0.491 e. The van der Waals surface area contributed by atoms with Crippen LogP contribution in [0.1, 0.15) is 18.4 Å². The molecule has 1 aromatic carbocycles. The summed E-state index contributed by atoms with van der Waals surface area (Å²) >= 11 is 0. The molecule has 0 aromatic heterocycles. The van der Waals surface area contributed by atoms with Crippen molar-refractivity contribution in [3.63, 3.8) is 0 Å². The molecule has 1 fully saturated rings. The lowest BCUT2D eigenvalue weighted by Gasteiger charge is -2.31. The fraction of sp³-hybridized carbons (Fsp3) is 0.625. The molecule has 0 spiro atoms. The zero-order chi connectivity index (χ0) is 14.2. The maximum atomic E-state index is 9.26. The van der Waals surface area contributed by atoms with E-state index in [2.05, 4.69) is 17.0 Å². The van der Waals surface area contributed by atoms with Crippen LogP contribution in [0.2, 0.25) is 0 Å². The molecule has 0 amide bonds. The molecule has 0 aliphatic carbocycles. The number of piperidine rings is 1. The first kappa shape index (κ1) is 15.3. The number of aliphatic hydroxyl groups excluding tert-OH is 1. The highest BCUT2D eigenvalue weighted by Gasteiger charge is 2.18. The molecule has 1 heterocycles. The number of methoxy groups -OCH3 is 1. The van der Waals surface area contributed by atoms with Gasteiger partial charge >= 0.3 is 0 Å². The Balaban J connectivity index is 1.80. The molecule has 2 rings (SSSR count). The highest BCUT2D eigenvalue weighted by Crippen LogP contribution is 2.19. The maximum Gasteiger partial charge on any atom is 0.119 e. The predicted octanol–water partition coefficient (Wildman–Crippen LogP) is 1.92. The average molecular weight is 279 g/mol. The van der Waals surface area contributed by atoms with Crippen LogP contribution >= 0.6 is 0 Å². The van der Waals surface area contributed by atoms with E-state index in [0.717, 1.165) is 31.8 Å². The van der Waals surface area contributed by atoms with Crippen LogP contribution in [0.4, 0.5) is 0 Å². The van der Waals surface area contributed by atoms with Crippen molar-refractivity contribution >= 4 is 0 Å². The van der Waals surface area contributed by atoms with Gasteiger partial charge in [-0.3, -0.25) is 4.90 Å². The van der Waals surface area contributed by atoms with Crippen molar-refractivity contribution in [3.05, 3.63) is 29.8 Å². The molecular formula is C16H25NO3. The number of aliphatic hydroxyl groups is 1. The summed E-state index contributed by atoms with van der Waals surface area (Å²) in [6.45, 7) is 4.58. The number of hydrogen-bond donors (Lipinski definition) is 1. The van der Waals surface area contributed by atoms with Crippen LogP contribution in [0.5, 0.6) is 5.75 Å². The molecule has 1 N–H and O–H groups in total. The maximum absolute atomic E-state index is 9.26. The van der Waals surface area contributed by atoms with Gasteiger partial charge in [0.1, 0.15) is 12.4 Å². The summed E-state index contributed by atoms with van der Waals surface area (Å²) in [4.78, 5) is 2.42. The van der Waals surface area contributed by atoms with E-state index in [1.807, 2.05) is 12.1 Å². The summed E-state index contributed by atoms with van der Waals surface area (Å²) in [5.74, 6) is 1.33. The minimum atomic E-state index is 0.308. The second-order valence-electron chi connectivity index (χ2n) is 5.41. The van der Waals surface area contributed by atoms with E-state index < -0.39 is 0 Å². The summed E-state index contributed by atoms with van der Waals surface area (Å²) < 4.78 is 10.5. The first-order valence-corrected chi connectivity index (χ1v) is 7.35. The van der Waals surface area contributed by atoms with E-state index in [0.29, 0.717) is 25.7 Å². The van der Waals surface area contributed by atoms with Crippen LogP contribution in [0, 0.1) is 5.92 Å². The highest BCUT2D eigenvalue weighted by molar-refractivity contribution is 5.27. The lowest BCUT2D eigenvalue weighted by Crippen LogP contribution is -2.36. The lowest BCUT2D eigenvalue weighted by molar-refractivity contribution is 0.116. The number of hydrogen-bond acceptors (Lipinski definition) is 4. The molecule has 1 aliphatic rings. The first-order valence-electron chi connectivity index (χ1n) is 7.35. The molecule has 1 atom stereocenters. The van der Waals surface area contributed by atoms with Crippen molar-refractivity contribution < 1.29 is 14.6 Å². The van der Waals surface area contributed by atoms with Crippen molar-refractivity contribution in [1.29, 1.82) is 0 Å². The Morgan fingerprint density at radius 1 is 1.25 bits per heavy atom. The van der Waals surface area contributed by atoms with Gasteiger partial charge in [-0.2, -0.15) is 0 Å². The van der Waals surface area contributed by atoms with Crippen LogP contribution in [0.15, 0.2) is 24.3 Å². The molecule has 0 bridgehead atoms. The average Bonchev–Trinajstić information content (AvgIpc) is 2.49. The predicted molar refractivity (Wildman–Crippen MR) is 78.9 cm³/mol. The minimum absolute atomic E-state index is 0.308. The van der Waals surface area contributed by atoms with Crippen LogP contribution < -0.4 is 4.74 Å². The SMILES string of the molecule is COCCOc1ccc(CN2CCCC(CO)C2)cc1. The van der Waals surface area contributed by atoms with Gasteiger partial charge in [-0.1, -0.05) is 12.1 Å². The van der Waals surface area contributed by atoms with E-state index in [4.69, 9.17) is 9.47 Å². The summed E-state index contributed by atoms with van der Waals surface area (Å²) in [5.41, 5.74) is 1.29. The third-order valence-corrected chi connectivity index (χ3v) is 3.75. The lowest BCUT2D eigenvalue weighted by atomic mass is 9.98. The summed E-state index contributed by atoms with van der Waals surface area (Å²) in [5, 5.41) is 9.26. The Labute approximate surface area is 121 Å². The van der Waals surface area contributed by atoms with E-state index in [9.17, 15) is 5.11 Å². The Morgan fingerprint density at radius 2 is 2.05 bits per heavy atom. The van der Waals surface area contributed by atoms with Crippen molar-refractivity contribution in [2.75, 3.05) is 40.0 Å². The van der Waals surface area contributed by atoms with E-state index in [1.165, 1.54) is 12.0 Å². The molecule has 0 radical (unpaired) electrons. The molecule has 1 unspecified atom stereocenters. The molecule has 112 valence electrons. The van der Waals surface area contributed by atoms with E-state index in [-0.39, 0.29) is 0 Å². The van der Waals surface area contributed by atoms with Gasteiger partial charge in [0.15, 0.2) is 0 Å². The van der Waals surface area contributed by atoms with Gasteiger partial charge in [-0.05, 0) is 43.0 Å². The van der Waals surface area contributed by atoms with Crippen molar-refractivity contribution in [2.45, 2.75) is 19.4 Å². The smallest absolute Gasteiger partial charge is 0.119 e. The number of benzene rings is 1. The van der Waals surface area contributed by atoms with Gasteiger partial charge < -0.3 is 14.6 Å². The quantitative estimate of drug-likeness (QED) is 0.774. The summed E-state index contributed by atoms with van der Waals surface area (Å²) in [6.07, 6.45) is 2.34. The van der Waals surface area contributed by atoms with Gasteiger partial charge in [0, 0.05) is 26.8 Å². The zero-order valence-electron chi connectivity index (χ0n) is 12.3. The largest absolute Gasteiger partial charge is 0.491 e. The molecule has 0 saturated carbocycles. The second kappa shape index (κ2) is 8.25. The van der Waals surface area contributed by atoms with Gasteiger partial charge in [-0.25, -0.2) is 0 Å². The fourth-order valence-electron chi connectivity index (χ4n) is 2.64. The van der Waals surface area contributed by atoms with Crippen molar-refractivity contribution in [3.8, 4) is 5.75 Å². The highest BCUT2D eigenvalue weighted by atomic mass is 16.5. The fourth-order valence-corrected chi connectivity index (χ4v) is 2.64. The van der Waals surface area contributed by atoms with Crippen LogP contribution in [0.25, 0.3) is 0 Å². The molecule has 4 heteroatoms. The third-order valence-electron chi connectivity index (χ3n) is 3.75. The van der Waals surface area contributed by atoms with Gasteiger partial charge in [0.2, 0.25) is 0 Å². The van der Waals surface area contributed by atoms with Gasteiger partial charge in [0.05, 0.1) is 6.61 Å². The number of ether oxygens (including phenoxy) is 2. The van der Waals surface area contributed by atoms with E-state index in [1.54, 1.807) is 7.11 Å². The second-order valence-corrected chi connectivity index (χ2v) is 5.41. The normalized spacial score (nSPS) is 20.0.